The van der Waals surface area contributed by atoms with Gasteiger partial charge in [0.15, 0.2) is 11.0 Å². The van der Waals surface area contributed by atoms with Crippen LogP contribution in [0, 0.1) is 0 Å². The van der Waals surface area contributed by atoms with Crippen LogP contribution >= 0.6 is 27.5 Å². The Morgan fingerprint density at radius 3 is 2.75 bits per heavy atom. The third-order valence-corrected chi connectivity index (χ3v) is 4.94. The van der Waals surface area contributed by atoms with E-state index in [0.29, 0.717) is 38.4 Å². The molecule has 28 heavy (non-hydrogen) atoms. The second-order valence-electron chi connectivity index (χ2n) is 5.92. The van der Waals surface area contributed by atoms with Gasteiger partial charge in [0.05, 0.1) is 34.2 Å². The molecule has 0 aliphatic rings. The highest BCUT2D eigenvalue weighted by Crippen LogP contribution is 2.39. The number of methoxy groups -OCH3 is 1. The van der Waals surface area contributed by atoms with Crippen LogP contribution in [-0.4, -0.2) is 24.8 Å². The summed E-state index contributed by atoms with van der Waals surface area (Å²) in [7, 11) is 1.52. The van der Waals surface area contributed by atoms with E-state index in [-0.39, 0.29) is 29.8 Å². The molecule has 2 aromatic carbocycles. The van der Waals surface area contributed by atoms with Gasteiger partial charge in [0.2, 0.25) is 0 Å². The molecule has 1 heterocycles. The Labute approximate surface area is 173 Å². The Bertz CT molecular complexity index is 1090. The van der Waals surface area contributed by atoms with Crippen molar-refractivity contribution in [2.75, 3.05) is 13.7 Å². The average molecular weight is 468 g/mol. The van der Waals surface area contributed by atoms with E-state index in [1.54, 1.807) is 30.3 Å². The Hall–Kier alpha value is -2.51. The zero-order valence-electron chi connectivity index (χ0n) is 14.8. The molecule has 0 saturated heterocycles. The molecular weight excluding hydrogens is 452 g/mol. The van der Waals surface area contributed by atoms with Crippen molar-refractivity contribution < 1.29 is 23.8 Å². The fourth-order valence-electron chi connectivity index (χ4n) is 2.68. The standard InChI is InChI=1S/C20H16BrClO6/c1-26-18-8-12(16(9-13(18)21)27-7-3-6-19(24)25)17-10-15(23)11-4-2-5-14(22)20(11)28-17/h2,4-5,8-10H,3,6-7H2,1H3,(H,24,25). The maximum atomic E-state index is 12.5. The van der Waals surface area contributed by atoms with Gasteiger partial charge in [-0.25, -0.2) is 0 Å². The molecule has 0 spiro atoms. The minimum Gasteiger partial charge on any atom is -0.496 e. The molecule has 0 aliphatic carbocycles. The highest BCUT2D eigenvalue weighted by atomic mass is 79.9. The van der Waals surface area contributed by atoms with Crippen LogP contribution in [-0.2, 0) is 4.79 Å². The van der Waals surface area contributed by atoms with E-state index in [0.717, 1.165) is 0 Å². The number of aliphatic carboxylic acids is 1. The minimum absolute atomic E-state index is 0.00662. The second-order valence-corrected chi connectivity index (χ2v) is 7.18. The van der Waals surface area contributed by atoms with Crippen molar-refractivity contribution in [3.05, 3.63) is 56.1 Å². The molecule has 0 amide bonds. The van der Waals surface area contributed by atoms with Crippen LogP contribution in [0.15, 0.2) is 50.1 Å². The molecule has 0 radical (unpaired) electrons. The molecule has 0 fully saturated rings. The van der Waals surface area contributed by atoms with Crippen molar-refractivity contribution in [1.29, 1.82) is 0 Å². The van der Waals surface area contributed by atoms with Crippen LogP contribution < -0.4 is 14.9 Å². The predicted molar refractivity (Wildman–Crippen MR) is 110 cm³/mol. The first-order valence-electron chi connectivity index (χ1n) is 8.35. The normalized spacial score (nSPS) is 10.8. The number of para-hydroxylation sites is 1. The SMILES string of the molecule is COc1cc(-c2cc(=O)c3cccc(Cl)c3o2)c(OCCCC(=O)O)cc1Br. The number of hydrogen-bond donors (Lipinski definition) is 1. The van der Waals surface area contributed by atoms with Crippen LogP contribution in [0.2, 0.25) is 5.02 Å². The summed E-state index contributed by atoms with van der Waals surface area (Å²) >= 11 is 9.59. The average Bonchev–Trinajstić information content (AvgIpc) is 2.66. The van der Waals surface area contributed by atoms with E-state index in [1.807, 2.05) is 0 Å². The molecule has 0 bridgehead atoms. The van der Waals surface area contributed by atoms with Gasteiger partial charge in [0.1, 0.15) is 17.3 Å². The van der Waals surface area contributed by atoms with Crippen molar-refractivity contribution in [3.8, 4) is 22.8 Å². The first kappa shape index (κ1) is 20.2. The maximum absolute atomic E-state index is 12.5. The highest BCUT2D eigenvalue weighted by Gasteiger charge is 2.17. The van der Waals surface area contributed by atoms with Gasteiger partial charge >= 0.3 is 5.97 Å². The smallest absolute Gasteiger partial charge is 0.303 e. The van der Waals surface area contributed by atoms with E-state index >= 15 is 0 Å². The van der Waals surface area contributed by atoms with Gasteiger partial charge in [0, 0.05) is 12.5 Å². The molecule has 3 aromatic rings. The predicted octanol–water partition coefficient (Wildman–Crippen LogP) is 5.13. The molecule has 0 atom stereocenters. The quantitative estimate of drug-likeness (QED) is 0.485. The van der Waals surface area contributed by atoms with Crippen LogP contribution in [0.5, 0.6) is 11.5 Å². The third kappa shape index (κ3) is 4.31. The molecule has 1 aromatic heterocycles. The topological polar surface area (TPSA) is 86.0 Å². The van der Waals surface area contributed by atoms with Crippen LogP contribution in [0.1, 0.15) is 12.8 Å². The molecule has 3 rings (SSSR count). The summed E-state index contributed by atoms with van der Waals surface area (Å²) in [5.74, 6) is 0.321. The number of halogens is 2. The second kappa shape index (κ2) is 8.67. The summed E-state index contributed by atoms with van der Waals surface area (Å²) in [6.07, 6.45) is 0.333. The van der Waals surface area contributed by atoms with E-state index in [1.165, 1.54) is 13.2 Å². The summed E-state index contributed by atoms with van der Waals surface area (Å²) in [5, 5.41) is 9.47. The first-order valence-corrected chi connectivity index (χ1v) is 9.52. The van der Waals surface area contributed by atoms with E-state index in [4.69, 9.17) is 30.6 Å². The summed E-state index contributed by atoms with van der Waals surface area (Å²) < 4.78 is 17.6. The number of benzene rings is 2. The molecular formula is C20H16BrClO6. The maximum Gasteiger partial charge on any atom is 0.303 e. The highest BCUT2D eigenvalue weighted by molar-refractivity contribution is 9.10. The molecule has 0 aliphatic heterocycles. The number of fused-ring (bicyclic) bond motifs is 1. The monoisotopic (exact) mass is 466 g/mol. The molecule has 0 saturated carbocycles. The minimum atomic E-state index is -0.894. The summed E-state index contributed by atoms with van der Waals surface area (Å²) in [4.78, 5) is 23.2. The number of carbonyl (C=O) groups is 1. The van der Waals surface area contributed by atoms with Crippen molar-refractivity contribution in [2.45, 2.75) is 12.8 Å². The third-order valence-electron chi connectivity index (χ3n) is 4.02. The molecule has 6 nitrogen and oxygen atoms in total. The number of rotatable bonds is 7. The summed E-state index contributed by atoms with van der Waals surface area (Å²) in [6.45, 7) is 0.191. The molecule has 1 N–H and O–H groups in total. The number of carboxylic acids is 1. The van der Waals surface area contributed by atoms with E-state index in [2.05, 4.69) is 15.9 Å². The van der Waals surface area contributed by atoms with Gasteiger partial charge in [-0.1, -0.05) is 17.7 Å². The van der Waals surface area contributed by atoms with Crippen molar-refractivity contribution in [1.82, 2.24) is 0 Å². The molecule has 146 valence electrons. The van der Waals surface area contributed by atoms with E-state index < -0.39 is 5.97 Å². The van der Waals surface area contributed by atoms with Gasteiger partial charge in [-0.2, -0.15) is 0 Å². The fraction of sp³-hybridized carbons (Fsp3) is 0.200. The van der Waals surface area contributed by atoms with Crippen molar-refractivity contribution >= 4 is 44.5 Å². The Morgan fingerprint density at radius 1 is 1.25 bits per heavy atom. The lowest BCUT2D eigenvalue weighted by Gasteiger charge is -2.14. The molecule has 8 heteroatoms. The van der Waals surface area contributed by atoms with Crippen LogP contribution in [0.25, 0.3) is 22.3 Å². The fourth-order valence-corrected chi connectivity index (χ4v) is 3.38. The van der Waals surface area contributed by atoms with Gasteiger partial charge in [-0.05, 0) is 46.6 Å². The van der Waals surface area contributed by atoms with Crippen molar-refractivity contribution in [2.24, 2.45) is 0 Å². The van der Waals surface area contributed by atoms with Gasteiger partial charge in [0.25, 0.3) is 0 Å². The van der Waals surface area contributed by atoms with E-state index in [9.17, 15) is 9.59 Å². The molecule has 0 unspecified atom stereocenters. The lowest BCUT2D eigenvalue weighted by molar-refractivity contribution is -0.137. The number of carboxylic acid groups (broad SMARTS) is 1. The van der Waals surface area contributed by atoms with Crippen molar-refractivity contribution in [3.63, 3.8) is 0 Å². The largest absolute Gasteiger partial charge is 0.496 e. The lowest BCUT2D eigenvalue weighted by atomic mass is 10.1. The number of hydrogen-bond acceptors (Lipinski definition) is 5. The lowest BCUT2D eigenvalue weighted by Crippen LogP contribution is -2.04. The Kier molecular flexibility index (Phi) is 6.26. The number of ether oxygens (including phenoxy) is 2. The zero-order valence-corrected chi connectivity index (χ0v) is 17.2. The van der Waals surface area contributed by atoms with Gasteiger partial charge in [-0.15, -0.1) is 0 Å². The van der Waals surface area contributed by atoms with Gasteiger partial charge < -0.3 is 19.0 Å². The first-order chi connectivity index (χ1) is 13.4. The van der Waals surface area contributed by atoms with Crippen LogP contribution in [0.4, 0.5) is 0 Å². The zero-order chi connectivity index (χ0) is 20.3. The van der Waals surface area contributed by atoms with Gasteiger partial charge in [-0.3, -0.25) is 9.59 Å². The summed E-state index contributed by atoms with van der Waals surface area (Å²) in [5.41, 5.74) is 0.539. The summed E-state index contributed by atoms with van der Waals surface area (Å²) in [6, 6.07) is 9.69. The Balaban J connectivity index is 2.09. The van der Waals surface area contributed by atoms with Crippen LogP contribution in [0.3, 0.4) is 0 Å². The Morgan fingerprint density at radius 2 is 2.04 bits per heavy atom.